The van der Waals surface area contributed by atoms with Gasteiger partial charge >= 0.3 is 0 Å². The topological polar surface area (TPSA) is 51.0 Å². The summed E-state index contributed by atoms with van der Waals surface area (Å²) in [5.74, 6) is 0.523. The summed E-state index contributed by atoms with van der Waals surface area (Å²) in [6.45, 7) is 0.252. The van der Waals surface area contributed by atoms with Crippen LogP contribution < -0.4 is 5.32 Å². The first-order chi connectivity index (χ1) is 10.2. The van der Waals surface area contributed by atoms with Gasteiger partial charge in [-0.2, -0.15) is 4.98 Å². The van der Waals surface area contributed by atoms with Crippen LogP contribution in [0.3, 0.4) is 0 Å². The van der Waals surface area contributed by atoms with E-state index in [0.29, 0.717) is 22.4 Å². The second-order valence-electron chi connectivity index (χ2n) is 4.35. The first kappa shape index (κ1) is 13.6. The molecule has 1 aromatic heterocycles. The largest absolute Gasteiger partial charge is 0.374 e. The van der Waals surface area contributed by atoms with Crippen LogP contribution >= 0.6 is 11.6 Å². The lowest BCUT2D eigenvalue weighted by molar-refractivity contribution is 0.384. The summed E-state index contributed by atoms with van der Waals surface area (Å²) >= 11 is 5.83. The lowest BCUT2D eigenvalue weighted by Crippen LogP contribution is -2.01. The minimum Gasteiger partial charge on any atom is -0.374 e. The normalized spacial score (nSPS) is 10.6. The summed E-state index contributed by atoms with van der Waals surface area (Å²) < 4.78 is 18.6. The fourth-order valence-electron chi connectivity index (χ4n) is 1.82. The molecule has 0 fully saturated rings. The van der Waals surface area contributed by atoms with E-state index in [-0.39, 0.29) is 12.4 Å². The Bertz CT molecular complexity index is 743. The number of rotatable bonds is 4. The van der Waals surface area contributed by atoms with Gasteiger partial charge in [-0.25, -0.2) is 4.39 Å². The molecule has 0 saturated heterocycles. The van der Waals surface area contributed by atoms with E-state index in [1.54, 1.807) is 42.5 Å². The van der Waals surface area contributed by atoms with Crippen LogP contribution in [0.1, 0.15) is 5.89 Å². The number of nitrogens with zero attached hydrogens (tertiary/aromatic N) is 2. The number of hydrogen-bond acceptors (Lipinski definition) is 4. The van der Waals surface area contributed by atoms with Gasteiger partial charge in [0.25, 0.3) is 0 Å². The molecular weight excluding hydrogens is 293 g/mol. The summed E-state index contributed by atoms with van der Waals surface area (Å²) in [6.07, 6.45) is 0. The molecule has 3 rings (SSSR count). The molecule has 6 heteroatoms. The zero-order valence-corrected chi connectivity index (χ0v) is 11.6. The van der Waals surface area contributed by atoms with Crippen LogP contribution in [-0.2, 0) is 6.54 Å². The average molecular weight is 304 g/mol. The monoisotopic (exact) mass is 303 g/mol. The maximum absolute atomic E-state index is 13.5. The smallest absolute Gasteiger partial charge is 0.246 e. The van der Waals surface area contributed by atoms with Gasteiger partial charge in [-0.1, -0.05) is 28.9 Å². The molecule has 106 valence electrons. The third kappa shape index (κ3) is 3.20. The van der Waals surface area contributed by atoms with Crippen molar-refractivity contribution in [3.8, 4) is 11.4 Å². The van der Waals surface area contributed by atoms with Gasteiger partial charge in [0, 0.05) is 10.6 Å². The minimum absolute atomic E-state index is 0.252. The molecule has 0 amide bonds. The molecular formula is C15H11ClFN3O. The van der Waals surface area contributed by atoms with Crippen molar-refractivity contribution in [1.82, 2.24) is 10.1 Å². The molecule has 0 bridgehead atoms. The predicted octanol–water partition coefficient (Wildman–Crippen LogP) is 4.14. The lowest BCUT2D eigenvalue weighted by atomic mass is 10.2. The molecule has 0 unspecified atom stereocenters. The van der Waals surface area contributed by atoms with Crippen molar-refractivity contribution < 1.29 is 8.91 Å². The molecule has 0 saturated carbocycles. The van der Waals surface area contributed by atoms with E-state index in [1.165, 1.54) is 6.07 Å². The van der Waals surface area contributed by atoms with E-state index < -0.39 is 0 Å². The maximum Gasteiger partial charge on any atom is 0.246 e. The zero-order chi connectivity index (χ0) is 14.7. The van der Waals surface area contributed by atoms with Crippen LogP contribution in [0, 0.1) is 5.82 Å². The summed E-state index contributed by atoms with van der Waals surface area (Å²) in [6, 6.07) is 13.5. The summed E-state index contributed by atoms with van der Waals surface area (Å²) in [5.41, 5.74) is 1.20. The van der Waals surface area contributed by atoms with Gasteiger partial charge in [0.05, 0.1) is 12.2 Å². The molecule has 0 radical (unpaired) electrons. The predicted molar refractivity (Wildman–Crippen MR) is 78.5 cm³/mol. The third-order valence-corrected chi connectivity index (χ3v) is 3.13. The molecule has 0 aliphatic rings. The minimum atomic E-state index is -0.324. The van der Waals surface area contributed by atoms with Crippen molar-refractivity contribution in [2.24, 2.45) is 0 Å². The first-order valence-electron chi connectivity index (χ1n) is 6.29. The lowest BCUT2D eigenvalue weighted by Gasteiger charge is -2.03. The highest BCUT2D eigenvalue weighted by Crippen LogP contribution is 2.19. The van der Waals surface area contributed by atoms with Crippen LogP contribution in [0.25, 0.3) is 11.4 Å². The number of hydrogen-bond donors (Lipinski definition) is 1. The van der Waals surface area contributed by atoms with Crippen molar-refractivity contribution in [2.75, 3.05) is 5.32 Å². The highest BCUT2D eigenvalue weighted by atomic mass is 35.5. The summed E-state index contributed by atoms with van der Waals surface area (Å²) in [5, 5.41) is 7.44. The van der Waals surface area contributed by atoms with E-state index in [1.807, 2.05) is 0 Å². The number of halogens is 2. The molecule has 2 aromatic carbocycles. The van der Waals surface area contributed by atoms with Gasteiger partial charge in [-0.15, -0.1) is 0 Å². The SMILES string of the molecule is Fc1ccccc1NCc1nc(-c2ccc(Cl)cc2)no1. The fourth-order valence-corrected chi connectivity index (χ4v) is 1.94. The van der Waals surface area contributed by atoms with Crippen molar-refractivity contribution >= 4 is 17.3 Å². The van der Waals surface area contributed by atoms with Gasteiger partial charge < -0.3 is 9.84 Å². The Balaban J connectivity index is 1.71. The number of aromatic nitrogens is 2. The second kappa shape index (κ2) is 5.93. The third-order valence-electron chi connectivity index (χ3n) is 2.87. The van der Waals surface area contributed by atoms with Crippen LogP contribution in [0.15, 0.2) is 53.1 Å². The molecule has 1 heterocycles. The average Bonchev–Trinajstić information content (AvgIpc) is 2.96. The van der Waals surface area contributed by atoms with Gasteiger partial charge in [0.1, 0.15) is 5.82 Å². The molecule has 4 nitrogen and oxygen atoms in total. The number of nitrogens with one attached hydrogen (secondary N) is 1. The van der Waals surface area contributed by atoms with Crippen LogP contribution in [0.5, 0.6) is 0 Å². The van der Waals surface area contributed by atoms with Gasteiger partial charge in [0.2, 0.25) is 11.7 Å². The summed E-state index contributed by atoms with van der Waals surface area (Å²) in [4.78, 5) is 4.25. The molecule has 3 aromatic rings. The van der Waals surface area contributed by atoms with Gasteiger partial charge in [-0.3, -0.25) is 0 Å². The highest BCUT2D eigenvalue weighted by Gasteiger charge is 2.09. The van der Waals surface area contributed by atoms with Crippen molar-refractivity contribution in [3.63, 3.8) is 0 Å². The summed E-state index contributed by atoms with van der Waals surface area (Å²) in [7, 11) is 0. The molecule has 0 spiro atoms. The Kier molecular flexibility index (Phi) is 3.83. The highest BCUT2D eigenvalue weighted by molar-refractivity contribution is 6.30. The molecule has 21 heavy (non-hydrogen) atoms. The Hall–Kier alpha value is -2.40. The van der Waals surface area contributed by atoms with Gasteiger partial charge in [-0.05, 0) is 36.4 Å². The molecule has 1 N–H and O–H groups in total. The Labute approximate surface area is 125 Å². The molecule has 0 atom stereocenters. The van der Waals surface area contributed by atoms with E-state index in [0.717, 1.165) is 5.56 Å². The van der Waals surface area contributed by atoms with Crippen molar-refractivity contribution in [2.45, 2.75) is 6.54 Å². The Morgan fingerprint density at radius 2 is 1.86 bits per heavy atom. The quantitative estimate of drug-likeness (QED) is 0.787. The van der Waals surface area contributed by atoms with Crippen molar-refractivity contribution in [3.05, 3.63) is 65.3 Å². The maximum atomic E-state index is 13.5. The zero-order valence-electron chi connectivity index (χ0n) is 10.9. The van der Waals surface area contributed by atoms with Crippen LogP contribution in [0.4, 0.5) is 10.1 Å². The van der Waals surface area contributed by atoms with Crippen LogP contribution in [0.2, 0.25) is 5.02 Å². The van der Waals surface area contributed by atoms with Crippen molar-refractivity contribution in [1.29, 1.82) is 0 Å². The second-order valence-corrected chi connectivity index (χ2v) is 4.79. The van der Waals surface area contributed by atoms with Crippen LogP contribution in [-0.4, -0.2) is 10.1 Å². The number of anilines is 1. The van der Waals surface area contributed by atoms with E-state index in [4.69, 9.17) is 16.1 Å². The van der Waals surface area contributed by atoms with E-state index >= 15 is 0 Å². The van der Waals surface area contributed by atoms with E-state index in [9.17, 15) is 4.39 Å². The number of para-hydroxylation sites is 1. The van der Waals surface area contributed by atoms with E-state index in [2.05, 4.69) is 15.5 Å². The van der Waals surface area contributed by atoms with Gasteiger partial charge in [0.15, 0.2) is 0 Å². The Morgan fingerprint density at radius 1 is 1.10 bits per heavy atom. The Morgan fingerprint density at radius 3 is 2.62 bits per heavy atom. The molecule has 0 aliphatic heterocycles. The molecule has 0 aliphatic carbocycles. The first-order valence-corrected chi connectivity index (χ1v) is 6.67. The number of benzene rings is 2. The fraction of sp³-hybridized carbons (Fsp3) is 0.0667. The standard InChI is InChI=1S/C15H11ClFN3O/c16-11-7-5-10(6-8-11)15-19-14(21-20-15)9-18-13-4-2-1-3-12(13)17/h1-8,18H,9H2.